The monoisotopic (exact) mass is 327 g/mol. The first-order valence-corrected chi connectivity index (χ1v) is 8.38. The lowest BCUT2D eigenvalue weighted by Crippen LogP contribution is -2.42. The van der Waals surface area contributed by atoms with Gasteiger partial charge in [0.15, 0.2) is 0 Å². The molecule has 2 heterocycles. The van der Waals surface area contributed by atoms with Crippen LogP contribution in [0.3, 0.4) is 0 Å². The minimum Gasteiger partial charge on any atom is -0.341 e. The second-order valence-electron chi connectivity index (χ2n) is 6.27. The van der Waals surface area contributed by atoms with Crippen molar-refractivity contribution in [1.29, 1.82) is 5.26 Å². The second-order valence-corrected chi connectivity index (χ2v) is 6.27. The zero-order chi connectivity index (χ0) is 16.9. The van der Waals surface area contributed by atoms with E-state index in [9.17, 15) is 9.59 Å². The summed E-state index contributed by atoms with van der Waals surface area (Å²) in [6.45, 7) is 2.48. The van der Waals surface area contributed by atoms with Crippen LogP contribution in [0.1, 0.15) is 31.4 Å². The minimum atomic E-state index is -0.195. The van der Waals surface area contributed by atoms with Gasteiger partial charge in [0.1, 0.15) is 11.8 Å². The van der Waals surface area contributed by atoms with E-state index in [2.05, 4.69) is 10.3 Å². The molecule has 1 aliphatic heterocycles. The van der Waals surface area contributed by atoms with Crippen molar-refractivity contribution in [1.82, 2.24) is 14.8 Å². The highest BCUT2D eigenvalue weighted by Crippen LogP contribution is 2.28. The first-order valence-electron chi connectivity index (χ1n) is 8.38. The highest BCUT2D eigenvalue weighted by atomic mass is 16.2. The fraction of sp³-hybridized carbons (Fsp3) is 0.529. The molecule has 3 amide bonds. The molecule has 126 valence electrons. The number of carbonyl (C=O) groups excluding carboxylic acids is 2. The van der Waals surface area contributed by atoms with Gasteiger partial charge in [-0.2, -0.15) is 5.26 Å². The number of hydrogen-bond donors (Lipinski definition) is 1. The molecule has 0 aromatic carbocycles. The van der Waals surface area contributed by atoms with Crippen LogP contribution in [0.2, 0.25) is 0 Å². The second kappa shape index (κ2) is 7.30. The minimum absolute atomic E-state index is 0.195. The Kier molecular flexibility index (Phi) is 4.94. The average molecular weight is 327 g/mol. The van der Waals surface area contributed by atoms with Crippen LogP contribution in [0, 0.1) is 17.2 Å². The summed E-state index contributed by atoms with van der Waals surface area (Å²) in [4.78, 5) is 32.3. The average Bonchev–Trinajstić information content (AvgIpc) is 2.80. The Morgan fingerprint density at radius 3 is 2.50 bits per heavy atom. The molecule has 1 aromatic heterocycles. The quantitative estimate of drug-likeness (QED) is 0.897. The largest absolute Gasteiger partial charge is 0.341 e. The molecule has 1 N–H and O–H groups in total. The van der Waals surface area contributed by atoms with Crippen molar-refractivity contribution >= 4 is 17.6 Å². The fourth-order valence-electron chi connectivity index (χ4n) is 2.99. The number of nitrogens with one attached hydrogen (secondary N) is 1. The number of carbonyl (C=O) groups is 2. The van der Waals surface area contributed by atoms with Gasteiger partial charge in [0.25, 0.3) is 0 Å². The van der Waals surface area contributed by atoms with Crippen LogP contribution in [0.15, 0.2) is 18.3 Å². The predicted molar refractivity (Wildman–Crippen MR) is 88.1 cm³/mol. The SMILES string of the molecule is N#Cc1ccc(NC(=O)N2CCCN(C(=O)C3CCC3)CC2)cn1. The Labute approximate surface area is 141 Å². The van der Waals surface area contributed by atoms with Gasteiger partial charge in [-0.25, -0.2) is 9.78 Å². The summed E-state index contributed by atoms with van der Waals surface area (Å²) in [5, 5.41) is 11.5. The Morgan fingerprint density at radius 2 is 1.88 bits per heavy atom. The van der Waals surface area contributed by atoms with E-state index in [-0.39, 0.29) is 17.9 Å². The van der Waals surface area contributed by atoms with Gasteiger partial charge in [-0.3, -0.25) is 4.79 Å². The molecule has 1 saturated carbocycles. The smallest absolute Gasteiger partial charge is 0.321 e. The van der Waals surface area contributed by atoms with Crippen molar-refractivity contribution in [3.8, 4) is 6.07 Å². The number of hydrogen-bond acceptors (Lipinski definition) is 4. The van der Waals surface area contributed by atoms with E-state index in [1.807, 2.05) is 11.0 Å². The third kappa shape index (κ3) is 3.65. The van der Waals surface area contributed by atoms with Crippen molar-refractivity contribution in [3.05, 3.63) is 24.0 Å². The summed E-state index contributed by atoms with van der Waals surface area (Å²) >= 11 is 0. The van der Waals surface area contributed by atoms with Gasteiger partial charge >= 0.3 is 6.03 Å². The van der Waals surface area contributed by atoms with Gasteiger partial charge in [-0.15, -0.1) is 0 Å². The molecule has 24 heavy (non-hydrogen) atoms. The maximum atomic E-state index is 12.4. The molecule has 0 unspecified atom stereocenters. The summed E-state index contributed by atoms with van der Waals surface area (Å²) in [7, 11) is 0. The molecule has 7 heteroatoms. The molecule has 2 aliphatic rings. The van der Waals surface area contributed by atoms with Gasteiger partial charge in [0, 0.05) is 32.1 Å². The van der Waals surface area contributed by atoms with E-state index in [0.29, 0.717) is 31.0 Å². The molecule has 0 radical (unpaired) electrons. The van der Waals surface area contributed by atoms with E-state index in [4.69, 9.17) is 5.26 Å². The van der Waals surface area contributed by atoms with E-state index in [1.54, 1.807) is 17.0 Å². The predicted octanol–water partition coefficient (Wildman–Crippen LogP) is 1.82. The van der Waals surface area contributed by atoms with Gasteiger partial charge in [-0.05, 0) is 31.4 Å². The van der Waals surface area contributed by atoms with E-state index in [1.165, 1.54) is 6.20 Å². The highest BCUT2D eigenvalue weighted by Gasteiger charge is 2.30. The summed E-state index contributed by atoms with van der Waals surface area (Å²) in [5.74, 6) is 0.454. The molecule has 1 aromatic rings. The highest BCUT2D eigenvalue weighted by molar-refractivity contribution is 5.89. The van der Waals surface area contributed by atoms with Crippen molar-refractivity contribution < 1.29 is 9.59 Å². The molecule has 0 spiro atoms. The van der Waals surface area contributed by atoms with Crippen LogP contribution < -0.4 is 5.32 Å². The van der Waals surface area contributed by atoms with Crippen LogP contribution in [-0.2, 0) is 4.79 Å². The van der Waals surface area contributed by atoms with Crippen LogP contribution >= 0.6 is 0 Å². The number of urea groups is 1. The molecule has 1 aliphatic carbocycles. The number of anilines is 1. The Bertz CT molecular complexity index is 648. The Morgan fingerprint density at radius 1 is 1.12 bits per heavy atom. The van der Waals surface area contributed by atoms with Gasteiger partial charge in [0.05, 0.1) is 11.9 Å². The normalized spacial score (nSPS) is 18.3. The molecular weight excluding hydrogens is 306 g/mol. The molecule has 7 nitrogen and oxygen atoms in total. The first-order chi connectivity index (χ1) is 11.7. The lowest BCUT2D eigenvalue weighted by molar-refractivity contribution is -0.138. The molecule has 1 saturated heterocycles. The number of nitriles is 1. The van der Waals surface area contributed by atoms with Crippen LogP contribution in [0.4, 0.5) is 10.5 Å². The fourth-order valence-corrected chi connectivity index (χ4v) is 2.99. The molecular formula is C17H21N5O2. The zero-order valence-corrected chi connectivity index (χ0v) is 13.6. The number of amides is 3. The summed E-state index contributed by atoms with van der Waals surface area (Å²) < 4.78 is 0. The maximum Gasteiger partial charge on any atom is 0.321 e. The third-order valence-corrected chi connectivity index (χ3v) is 4.68. The molecule has 0 bridgehead atoms. The zero-order valence-electron chi connectivity index (χ0n) is 13.6. The Hall–Kier alpha value is -2.62. The van der Waals surface area contributed by atoms with Crippen LogP contribution in [0.25, 0.3) is 0 Å². The standard InChI is InChI=1S/C17H21N5O2/c18-11-14-5-6-15(12-19-14)20-17(24)22-8-2-7-21(9-10-22)16(23)13-3-1-4-13/h5-6,12-13H,1-4,7-10H2,(H,20,24). The Balaban J connectivity index is 1.53. The van der Waals surface area contributed by atoms with Gasteiger partial charge in [-0.1, -0.05) is 6.42 Å². The summed E-state index contributed by atoms with van der Waals surface area (Å²) in [5.41, 5.74) is 0.874. The first kappa shape index (κ1) is 16.2. The number of rotatable bonds is 2. The van der Waals surface area contributed by atoms with Crippen LogP contribution in [-0.4, -0.2) is 52.9 Å². The van der Waals surface area contributed by atoms with Crippen molar-refractivity contribution in [2.24, 2.45) is 5.92 Å². The maximum absolute atomic E-state index is 12.4. The summed E-state index contributed by atoms with van der Waals surface area (Å²) in [6, 6.07) is 4.97. The number of pyridine rings is 1. The molecule has 3 rings (SSSR count). The van der Waals surface area contributed by atoms with Crippen molar-refractivity contribution in [2.75, 3.05) is 31.5 Å². The molecule has 2 fully saturated rings. The molecule has 0 atom stereocenters. The lowest BCUT2D eigenvalue weighted by atomic mass is 9.84. The van der Waals surface area contributed by atoms with Crippen molar-refractivity contribution in [2.45, 2.75) is 25.7 Å². The lowest BCUT2D eigenvalue weighted by Gasteiger charge is -2.31. The van der Waals surface area contributed by atoms with E-state index < -0.39 is 0 Å². The topological polar surface area (TPSA) is 89.3 Å². The van der Waals surface area contributed by atoms with E-state index in [0.717, 1.165) is 32.2 Å². The third-order valence-electron chi connectivity index (χ3n) is 4.68. The van der Waals surface area contributed by atoms with Crippen LogP contribution in [0.5, 0.6) is 0 Å². The van der Waals surface area contributed by atoms with Crippen molar-refractivity contribution in [3.63, 3.8) is 0 Å². The van der Waals surface area contributed by atoms with Gasteiger partial charge in [0.2, 0.25) is 5.91 Å². The summed E-state index contributed by atoms with van der Waals surface area (Å²) in [6.07, 6.45) is 5.42. The number of nitrogens with zero attached hydrogens (tertiary/aromatic N) is 4. The number of aromatic nitrogens is 1. The van der Waals surface area contributed by atoms with E-state index >= 15 is 0 Å². The van der Waals surface area contributed by atoms with Gasteiger partial charge < -0.3 is 15.1 Å².